The third-order valence-corrected chi connectivity index (χ3v) is 7.45. The van der Waals surface area contributed by atoms with Crippen LogP contribution in [0.2, 0.25) is 0 Å². The van der Waals surface area contributed by atoms with E-state index in [9.17, 15) is 9.59 Å². The molecule has 3 heterocycles. The van der Waals surface area contributed by atoms with Gasteiger partial charge in [0.05, 0.1) is 5.75 Å². The van der Waals surface area contributed by atoms with Crippen molar-refractivity contribution in [2.75, 3.05) is 24.3 Å². The number of rotatable bonds is 4. The van der Waals surface area contributed by atoms with Crippen molar-refractivity contribution in [3.63, 3.8) is 0 Å². The largest absolute Gasteiger partial charge is 0.486 e. The topological polar surface area (TPSA) is 102 Å². The maximum atomic E-state index is 12.4. The van der Waals surface area contributed by atoms with E-state index in [1.807, 2.05) is 6.92 Å². The highest BCUT2D eigenvalue weighted by atomic mass is 32.2. The third kappa shape index (κ3) is 4.37. The smallest absolute Gasteiger partial charge is 0.325 e. The summed E-state index contributed by atoms with van der Waals surface area (Å²) in [5, 5.41) is 6.92. The van der Waals surface area contributed by atoms with Gasteiger partial charge in [-0.15, -0.1) is 11.3 Å². The van der Waals surface area contributed by atoms with Crippen molar-refractivity contribution in [1.82, 2.24) is 15.3 Å². The van der Waals surface area contributed by atoms with Crippen LogP contribution in [-0.2, 0) is 17.6 Å². The molecule has 2 aliphatic rings. The maximum Gasteiger partial charge on any atom is 0.325 e. The van der Waals surface area contributed by atoms with E-state index in [0.29, 0.717) is 36.2 Å². The van der Waals surface area contributed by atoms with Gasteiger partial charge in [-0.05, 0) is 50.3 Å². The molecule has 0 saturated carbocycles. The van der Waals surface area contributed by atoms with Crippen molar-refractivity contribution in [2.24, 2.45) is 0 Å². The predicted molar refractivity (Wildman–Crippen MR) is 124 cm³/mol. The first-order valence-electron chi connectivity index (χ1n) is 10.5. The van der Waals surface area contributed by atoms with Gasteiger partial charge < -0.3 is 14.8 Å². The molecule has 10 heteroatoms. The second kappa shape index (κ2) is 8.95. The summed E-state index contributed by atoms with van der Waals surface area (Å²) >= 11 is 3.08. The number of nitrogens with zero attached hydrogens (tertiary/aromatic N) is 2. The first-order valence-corrected chi connectivity index (χ1v) is 12.3. The zero-order valence-electron chi connectivity index (χ0n) is 17.5. The van der Waals surface area contributed by atoms with Crippen molar-refractivity contribution in [1.29, 1.82) is 0 Å². The Hall–Kier alpha value is -2.85. The van der Waals surface area contributed by atoms with E-state index >= 15 is 0 Å². The van der Waals surface area contributed by atoms with Crippen LogP contribution in [0.4, 0.5) is 10.5 Å². The van der Waals surface area contributed by atoms with Crippen molar-refractivity contribution in [3.8, 4) is 11.5 Å². The van der Waals surface area contributed by atoms with E-state index in [1.54, 1.807) is 29.5 Å². The van der Waals surface area contributed by atoms with Gasteiger partial charge in [-0.3, -0.25) is 10.1 Å². The molecule has 0 bridgehead atoms. The summed E-state index contributed by atoms with van der Waals surface area (Å²) in [5.41, 5.74) is 1.85. The van der Waals surface area contributed by atoms with Gasteiger partial charge in [-0.1, -0.05) is 11.8 Å². The fraction of sp³-hybridized carbons (Fsp3) is 0.364. The Morgan fingerprint density at radius 2 is 1.94 bits per heavy atom. The number of thiophene rings is 1. The van der Waals surface area contributed by atoms with E-state index in [0.717, 1.165) is 34.5 Å². The number of fused-ring (bicyclic) bond motifs is 4. The highest BCUT2D eigenvalue weighted by Crippen LogP contribution is 2.39. The number of anilines is 1. The lowest BCUT2D eigenvalue weighted by Crippen LogP contribution is -2.35. The van der Waals surface area contributed by atoms with Crippen LogP contribution < -0.4 is 20.1 Å². The number of amides is 3. The molecule has 166 valence electrons. The van der Waals surface area contributed by atoms with Crippen molar-refractivity contribution in [3.05, 3.63) is 34.5 Å². The number of carbonyl (C=O) groups is 2. The van der Waals surface area contributed by atoms with Gasteiger partial charge in [0.15, 0.2) is 11.5 Å². The normalized spacial score (nSPS) is 14.7. The summed E-state index contributed by atoms with van der Waals surface area (Å²) in [6, 6.07) is 4.51. The maximum absolute atomic E-state index is 12.4. The Kier molecular flexibility index (Phi) is 5.88. The van der Waals surface area contributed by atoms with E-state index in [2.05, 4.69) is 20.6 Å². The molecule has 0 fully saturated rings. The van der Waals surface area contributed by atoms with Gasteiger partial charge in [-0.2, -0.15) is 0 Å². The highest BCUT2D eigenvalue weighted by molar-refractivity contribution is 8.00. The second-order valence-corrected chi connectivity index (χ2v) is 9.66. The Labute approximate surface area is 193 Å². The number of aryl methyl sites for hydroxylation is 3. The fourth-order valence-corrected chi connectivity index (χ4v) is 6.18. The van der Waals surface area contributed by atoms with Gasteiger partial charge >= 0.3 is 6.03 Å². The first kappa shape index (κ1) is 21.0. The lowest BCUT2D eigenvalue weighted by Gasteiger charge is -2.19. The van der Waals surface area contributed by atoms with Gasteiger partial charge in [0.1, 0.15) is 28.9 Å². The van der Waals surface area contributed by atoms with Gasteiger partial charge in [0.25, 0.3) is 0 Å². The number of hydrogen-bond donors (Lipinski definition) is 2. The molecule has 3 aromatic rings. The van der Waals surface area contributed by atoms with E-state index in [4.69, 9.17) is 9.47 Å². The molecule has 2 N–H and O–H groups in total. The molecule has 0 spiro atoms. The minimum atomic E-state index is -0.593. The number of ether oxygens (including phenoxy) is 2. The zero-order chi connectivity index (χ0) is 22.1. The van der Waals surface area contributed by atoms with Crippen LogP contribution in [-0.4, -0.2) is 40.9 Å². The van der Waals surface area contributed by atoms with E-state index in [-0.39, 0.29) is 5.75 Å². The standard InChI is InChI=1S/C22H22N4O4S2/c1-12-23-20(19-14-4-2-3-5-17(14)32-21(19)24-12)31-11-18(27)26-22(28)25-13-6-7-15-16(10-13)30-9-8-29-15/h6-7,10H,2-5,8-9,11H2,1H3,(H2,25,26,27,28). The number of carbonyl (C=O) groups excluding carboxylic acids is 2. The molecule has 0 atom stereocenters. The number of benzene rings is 1. The number of hydrogen-bond acceptors (Lipinski definition) is 8. The number of urea groups is 1. The van der Waals surface area contributed by atoms with Crippen LogP contribution in [0.1, 0.15) is 29.1 Å². The van der Waals surface area contributed by atoms with E-state index < -0.39 is 11.9 Å². The molecule has 3 amide bonds. The summed E-state index contributed by atoms with van der Waals surface area (Å²) in [4.78, 5) is 36.3. The number of nitrogens with one attached hydrogen (secondary N) is 2. The van der Waals surface area contributed by atoms with Crippen LogP contribution in [0.5, 0.6) is 11.5 Å². The molecular weight excluding hydrogens is 448 g/mol. The minimum absolute atomic E-state index is 0.0880. The molecule has 5 rings (SSSR count). The number of imide groups is 1. The van der Waals surface area contributed by atoms with Crippen LogP contribution >= 0.6 is 23.1 Å². The number of thioether (sulfide) groups is 1. The SMILES string of the molecule is Cc1nc(SCC(=O)NC(=O)Nc2ccc3c(c2)OCCO3)c2c3c(sc2n1)CCCC3. The van der Waals surface area contributed by atoms with Crippen molar-refractivity contribution < 1.29 is 19.1 Å². The van der Waals surface area contributed by atoms with Gasteiger partial charge in [-0.25, -0.2) is 14.8 Å². The van der Waals surface area contributed by atoms with Crippen molar-refractivity contribution in [2.45, 2.75) is 37.6 Å². The van der Waals surface area contributed by atoms with Crippen LogP contribution in [0.15, 0.2) is 23.2 Å². The lowest BCUT2D eigenvalue weighted by molar-refractivity contribution is -0.117. The summed E-state index contributed by atoms with van der Waals surface area (Å²) in [7, 11) is 0. The molecule has 32 heavy (non-hydrogen) atoms. The van der Waals surface area contributed by atoms with Crippen LogP contribution in [0.3, 0.4) is 0 Å². The molecule has 1 aliphatic carbocycles. The highest BCUT2D eigenvalue weighted by Gasteiger charge is 2.21. The van der Waals surface area contributed by atoms with Gasteiger partial charge in [0.2, 0.25) is 5.91 Å². The van der Waals surface area contributed by atoms with Crippen LogP contribution in [0, 0.1) is 6.92 Å². The molecule has 0 saturated heterocycles. The molecule has 8 nitrogen and oxygen atoms in total. The Morgan fingerprint density at radius 3 is 2.81 bits per heavy atom. The monoisotopic (exact) mass is 470 g/mol. The molecule has 0 unspecified atom stereocenters. The molecule has 2 aromatic heterocycles. The summed E-state index contributed by atoms with van der Waals surface area (Å²) in [6.45, 7) is 2.82. The molecule has 0 radical (unpaired) electrons. The molecule has 1 aliphatic heterocycles. The summed E-state index contributed by atoms with van der Waals surface area (Å²) < 4.78 is 11.0. The van der Waals surface area contributed by atoms with Crippen molar-refractivity contribution >= 4 is 50.9 Å². The Balaban J connectivity index is 1.23. The third-order valence-electron chi connectivity index (χ3n) is 5.29. The summed E-state index contributed by atoms with van der Waals surface area (Å²) in [5.74, 6) is 1.59. The minimum Gasteiger partial charge on any atom is -0.486 e. The Morgan fingerprint density at radius 1 is 1.12 bits per heavy atom. The molecule has 1 aromatic carbocycles. The quantitative estimate of drug-likeness (QED) is 0.437. The average Bonchev–Trinajstić information content (AvgIpc) is 3.15. The lowest BCUT2D eigenvalue weighted by atomic mass is 9.97. The zero-order valence-corrected chi connectivity index (χ0v) is 19.2. The number of aromatic nitrogens is 2. The Bertz CT molecular complexity index is 1210. The van der Waals surface area contributed by atoms with E-state index in [1.165, 1.54) is 28.6 Å². The first-order chi connectivity index (χ1) is 15.6. The predicted octanol–water partition coefficient (Wildman–Crippen LogP) is 4.09. The fourth-order valence-electron chi connectivity index (χ4n) is 3.91. The van der Waals surface area contributed by atoms with Crippen LogP contribution in [0.25, 0.3) is 10.2 Å². The summed E-state index contributed by atoms with van der Waals surface area (Å²) in [6.07, 6.45) is 4.48. The van der Waals surface area contributed by atoms with Gasteiger partial charge in [0, 0.05) is 22.0 Å². The second-order valence-electron chi connectivity index (χ2n) is 7.62. The average molecular weight is 471 g/mol. The molecular formula is C22H22N4O4S2.